The molecule has 0 aliphatic carbocycles. The Hall–Kier alpha value is -2.36. The molecular weight excluding hydrogens is 355 g/mol. The summed E-state index contributed by atoms with van der Waals surface area (Å²) >= 11 is 1.14. The van der Waals surface area contributed by atoms with Crippen LogP contribution < -0.4 is 5.32 Å². The number of nitrogens with one attached hydrogen (secondary N) is 1. The van der Waals surface area contributed by atoms with Gasteiger partial charge in [-0.2, -0.15) is 8.42 Å². The summed E-state index contributed by atoms with van der Waals surface area (Å²) in [6.07, 6.45) is 0. The Bertz CT molecular complexity index is 984. The van der Waals surface area contributed by atoms with Gasteiger partial charge >= 0.3 is 0 Å². The number of carbonyl (C=O) groups is 1. The number of rotatable bonds is 4. The summed E-state index contributed by atoms with van der Waals surface area (Å²) in [5, 5.41) is 0.407. The van der Waals surface area contributed by atoms with Crippen LogP contribution in [0, 0.1) is 5.82 Å². The number of benzene rings is 2. The molecule has 124 valence electrons. The molecule has 0 bridgehead atoms. The van der Waals surface area contributed by atoms with Gasteiger partial charge in [0.2, 0.25) is 0 Å². The first kappa shape index (κ1) is 16.5. The van der Waals surface area contributed by atoms with Crippen LogP contribution in [0.2, 0.25) is 0 Å². The van der Waals surface area contributed by atoms with E-state index in [1.54, 1.807) is 24.3 Å². The van der Waals surface area contributed by atoms with Crippen molar-refractivity contribution in [1.82, 2.24) is 4.98 Å². The predicted octanol–water partition coefficient (Wildman–Crippen LogP) is 3.00. The van der Waals surface area contributed by atoms with Gasteiger partial charge in [-0.1, -0.05) is 41.7 Å². The number of amides is 1. The van der Waals surface area contributed by atoms with Crippen molar-refractivity contribution in [2.24, 2.45) is 0 Å². The van der Waals surface area contributed by atoms with Crippen LogP contribution in [0.15, 0.2) is 48.5 Å². The van der Waals surface area contributed by atoms with E-state index in [1.807, 2.05) is 0 Å². The smallest absolute Gasteiger partial charge is 0.281 e. The van der Waals surface area contributed by atoms with Crippen molar-refractivity contribution in [1.29, 1.82) is 0 Å². The predicted molar refractivity (Wildman–Crippen MR) is 88.9 cm³/mol. The Morgan fingerprint density at radius 1 is 1.17 bits per heavy atom. The molecule has 1 heterocycles. The van der Waals surface area contributed by atoms with Gasteiger partial charge in [0.25, 0.3) is 16.0 Å². The molecule has 6 nitrogen and oxygen atoms in total. The Balaban J connectivity index is 1.96. The first-order chi connectivity index (χ1) is 11.4. The van der Waals surface area contributed by atoms with Crippen LogP contribution in [-0.2, 0) is 14.9 Å². The van der Waals surface area contributed by atoms with Crippen molar-refractivity contribution in [2.45, 2.75) is 5.25 Å². The van der Waals surface area contributed by atoms with Gasteiger partial charge in [0.05, 0.1) is 10.2 Å². The summed E-state index contributed by atoms with van der Waals surface area (Å²) in [4.78, 5) is 16.5. The number of halogens is 1. The first-order valence-corrected chi connectivity index (χ1v) is 9.05. The van der Waals surface area contributed by atoms with Crippen molar-refractivity contribution in [2.75, 3.05) is 5.32 Å². The maximum atomic E-state index is 13.9. The Labute approximate surface area is 140 Å². The van der Waals surface area contributed by atoms with Crippen molar-refractivity contribution in [3.63, 3.8) is 0 Å². The maximum absolute atomic E-state index is 13.9. The SMILES string of the molecule is O=C(Nc1nc2ccccc2s1)C(c1ccccc1F)S(=O)(=O)O. The fourth-order valence-electron chi connectivity index (χ4n) is 2.22. The van der Waals surface area contributed by atoms with E-state index in [4.69, 9.17) is 0 Å². The zero-order chi connectivity index (χ0) is 17.3. The van der Waals surface area contributed by atoms with E-state index < -0.39 is 32.7 Å². The average Bonchev–Trinajstić information content (AvgIpc) is 2.90. The third-order valence-corrected chi connectivity index (χ3v) is 5.26. The fourth-order valence-corrected chi connectivity index (χ4v) is 3.93. The number of anilines is 1. The van der Waals surface area contributed by atoms with Gasteiger partial charge in [-0.25, -0.2) is 9.37 Å². The number of fused-ring (bicyclic) bond motifs is 1. The van der Waals surface area contributed by atoms with Gasteiger partial charge < -0.3 is 5.32 Å². The van der Waals surface area contributed by atoms with E-state index in [9.17, 15) is 22.2 Å². The van der Waals surface area contributed by atoms with E-state index in [-0.39, 0.29) is 5.13 Å². The van der Waals surface area contributed by atoms with Crippen LogP contribution in [0.4, 0.5) is 9.52 Å². The topological polar surface area (TPSA) is 96.4 Å². The molecule has 3 aromatic rings. The van der Waals surface area contributed by atoms with Gasteiger partial charge in [0, 0.05) is 5.56 Å². The van der Waals surface area contributed by atoms with Gasteiger partial charge in [0.1, 0.15) is 5.82 Å². The molecule has 0 aliphatic rings. The minimum absolute atomic E-state index is 0.159. The second kappa shape index (κ2) is 6.27. The summed E-state index contributed by atoms with van der Waals surface area (Å²) in [7, 11) is -4.87. The van der Waals surface area contributed by atoms with Crippen LogP contribution in [0.3, 0.4) is 0 Å². The van der Waals surface area contributed by atoms with Crippen LogP contribution in [0.1, 0.15) is 10.8 Å². The van der Waals surface area contributed by atoms with E-state index in [0.29, 0.717) is 5.52 Å². The molecule has 0 radical (unpaired) electrons. The Morgan fingerprint density at radius 3 is 2.50 bits per heavy atom. The van der Waals surface area contributed by atoms with Crippen molar-refractivity contribution >= 4 is 42.7 Å². The van der Waals surface area contributed by atoms with Gasteiger partial charge in [-0.15, -0.1) is 0 Å². The molecular formula is C15H11FN2O4S2. The molecule has 1 atom stereocenters. The number of carbonyl (C=O) groups excluding carboxylic acids is 1. The summed E-state index contributed by atoms with van der Waals surface area (Å²) < 4.78 is 47.2. The normalized spacial score (nSPS) is 12.9. The second-order valence-electron chi connectivity index (χ2n) is 4.89. The molecule has 1 unspecified atom stereocenters. The summed E-state index contributed by atoms with van der Waals surface area (Å²) in [6, 6.07) is 12.0. The van der Waals surface area contributed by atoms with E-state index in [2.05, 4.69) is 10.3 Å². The molecule has 2 N–H and O–H groups in total. The highest BCUT2D eigenvalue weighted by Gasteiger charge is 2.35. The minimum Gasteiger partial charge on any atom is -0.300 e. The number of hydrogen-bond donors (Lipinski definition) is 2. The highest BCUT2D eigenvalue weighted by molar-refractivity contribution is 7.86. The third kappa shape index (κ3) is 3.28. The lowest BCUT2D eigenvalue weighted by Crippen LogP contribution is -2.28. The lowest BCUT2D eigenvalue weighted by Gasteiger charge is -2.14. The van der Waals surface area contributed by atoms with Gasteiger partial charge in [-0.3, -0.25) is 9.35 Å². The maximum Gasteiger partial charge on any atom is 0.281 e. The molecule has 0 aliphatic heterocycles. The van der Waals surface area contributed by atoms with E-state index in [1.165, 1.54) is 12.1 Å². The molecule has 0 fully saturated rings. The van der Waals surface area contributed by atoms with E-state index in [0.717, 1.165) is 28.2 Å². The molecule has 2 aromatic carbocycles. The number of aromatic nitrogens is 1. The fraction of sp³-hybridized carbons (Fsp3) is 0.0667. The standard InChI is InChI=1S/C15H11FN2O4S2/c16-10-6-2-1-5-9(10)13(24(20,21)22)14(19)18-15-17-11-7-3-4-8-12(11)23-15/h1-8,13H,(H,17,18,19)(H,20,21,22). The molecule has 3 rings (SSSR count). The summed E-state index contributed by atoms with van der Waals surface area (Å²) in [6.45, 7) is 0. The minimum atomic E-state index is -4.87. The van der Waals surface area contributed by atoms with Crippen LogP contribution in [0.5, 0.6) is 0 Å². The van der Waals surface area contributed by atoms with Crippen LogP contribution >= 0.6 is 11.3 Å². The monoisotopic (exact) mass is 366 g/mol. The molecule has 24 heavy (non-hydrogen) atoms. The molecule has 1 amide bonds. The molecule has 0 saturated carbocycles. The lowest BCUT2D eigenvalue weighted by atomic mass is 10.1. The molecule has 0 spiro atoms. The molecule has 1 aromatic heterocycles. The zero-order valence-corrected chi connectivity index (χ0v) is 13.6. The quantitative estimate of drug-likeness (QED) is 0.692. The van der Waals surface area contributed by atoms with Gasteiger partial charge in [0.15, 0.2) is 10.4 Å². The molecule has 9 heteroatoms. The number of hydrogen-bond acceptors (Lipinski definition) is 5. The highest BCUT2D eigenvalue weighted by atomic mass is 32.2. The average molecular weight is 366 g/mol. The summed E-state index contributed by atoms with van der Waals surface area (Å²) in [5.41, 5.74) is 0.200. The number of para-hydroxylation sites is 1. The number of nitrogens with zero attached hydrogens (tertiary/aromatic N) is 1. The number of thiazole rings is 1. The van der Waals surface area contributed by atoms with Crippen molar-refractivity contribution in [3.05, 3.63) is 59.9 Å². The largest absolute Gasteiger partial charge is 0.300 e. The van der Waals surface area contributed by atoms with Crippen molar-refractivity contribution < 1.29 is 22.2 Å². The second-order valence-corrected chi connectivity index (χ2v) is 7.42. The zero-order valence-electron chi connectivity index (χ0n) is 12.0. The Morgan fingerprint density at radius 2 is 1.83 bits per heavy atom. The lowest BCUT2D eigenvalue weighted by molar-refractivity contribution is -0.116. The van der Waals surface area contributed by atoms with Crippen LogP contribution in [0.25, 0.3) is 10.2 Å². The third-order valence-electron chi connectivity index (χ3n) is 3.25. The van der Waals surface area contributed by atoms with E-state index >= 15 is 0 Å². The molecule has 0 saturated heterocycles. The highest BCUT2D eigenvalue weighted by Crippen LogP contribution is 2.29. The first-order valence-electron chi connectivity index (χ1n) is 6.73. The van der Waals surface area contributed by atoms with Gasteiger partial charge in [-0.05, 0) is 18.2 Å². The van der Waals surface area contributed by atoms with Crippen molar-refractivity contribution in [3.8, 4) is 0 Å². The van der Waals surface area contributed by atoms with Crippen LogP contribution in [-0.4, -0.2) is 23.9 Å². The summed E-state index contributed by atoms with van der Waals surface area (Å²) in [5.74, 6) is -1.98. The Kier molecular flexibility index (Phi) is 4.31.